The molecule has 4 aromatic heterocycles. The molecule has 0 radical (unpaired) electrons. The number of nitrogens with zero attached hydrogens (tertiary/aromatic N) is 4. The molecule has 4 heterocycles. The van der Waals surface area contributed by atoms with Crippen molar-refractivity contribution < 1.29 is 77.3 Å². The molecule has 0 atom stereocenters. The smallest absolute Gasteiger partial charge is 0.872 e. The maximum absolute atomic E-state index is 10.9. The van der Waals surface area contributed by atoms with Crippen molar-refractivity contribution in [3.05, 3.63) is 121 Å². The summed E-state index contributed by atoms with van der Waals surface area (Å²) in [6.45, 7) is 0. The van der Waals surface area contributed by atoms with Gasteiger partial charge in [-0.15, -0.1) is 0 Å². The number of aromatic carboxylic acids is 1. The number of pyridine rings is 4. The van der Waals surface area contributed by atoms with Crippen LogP contribution in [0.15, 0.2) is 121 Å². The normalized spacial score (nSPS) is 9.41. The van der Waals surface area contributed by atoms with Gasteiger partial charge in [0.25, 0.3) is 0 Å². The summed E-state index contributed by atoms with van der Waals surface area (Å²) in [6.07, 6.45) is 7.21. The van der Waals surface area contributed by atoms with Crippen molar-refractivity contribution in [2.24, 2.45) is 0 Å². The fraction of sp³-hybridized carbons (Fsp3) is 0. The average Bonchev–Trinajstić information content (AvgIpc) is 3.01. The number of benzene rings is 3. The maximum Gasteiger partial charge on any atom is 2.00 e. The Morgan fingerprint density at radius 2 is 0.878 bits per heavy atom. The molecule has 0 aliphatic heterocycles. The summed E-state index contributed by atoms with van der Waals surface area (Å²) in [5, 5.41) is 23.9. The van der Waals surface area contributed by atoms with E-state index in [4.69, 9.17) is 5.11 Å². The van der Waals surface area contributed by atoms with E-state index in [0.29, 0.717) is 6.07 Å². The van der Waals surface area contributed by atoms with Crippen LogP contribution < -0.4 is 5.11 Å². The van der Waals surface area contributed by atoms with Crippen molar-refractivity contribution in [2.75, 3.05) is 0 Å². The Balaban J connectivity index is -0.000000605. The standard InChI is InChI=1S/2C12H8N2.C7H6O6S.Ni.6H2O/c2*1-3-9-5-6-10-4-2-8-14-12(10)11(9)13-7-1;8-6-2-1-4(14(11,12)13)3-5(6)7(9)10;;;;;;;/h2*1-8H;1-3,8H,(H,9,10)(H,11,12,13);;6*1H2/q;;;+2;;;;;;. The van der Waals surface area contributed by atoms with Crippen molar-refractivity contribution in [3.8, 4) is 5.75 Å². The van der Waals surface area contributed by atoms with Gasteiger partial charge in [-0.05, 0) is 36.4 Å². The van der Waals surface area contributed by atoms with E-state index in [1.165, 1.54) is 0 Å². The van der Waals surface area contributed by atoms with Crippen molar-refractivity contribution in [3.63, 3.8) is 0 Å². The van der Waals surface area contributed by atoms with E-state index >= 15 is 0 Å². The number of fused-ring (bicyclic) bond motifs is 6. The minimum absolute atomic E-state index is 0. The molecule has 0 bridgehead atoms. The number of carboxylic acid groups (broad SMARTS) is 1. The van der Waals surface area contributed by atoms with Crippen LogP contribution >= 0.6 is 0 Å². The molecule has 0 saturated carbocycles. The molecule has 0 spiro atoms. The first-order valence-corrected chi connectivity index (χ1v) is 13.8. The summed E-state index contributed by atoms with van der Waals surface area (Å²) < 4.78 is 31.4. The van der Waals surface area contributed by atoms with Crippen LogP contribution in [0.5, 0.6) is 5.75 Å². The Morgan fingerprint density at radius 3 is 1.14 bits per heavy atom. The topological polar surface area (TPSA) is 361 Å². The van der Waals surface area contributed by atoms with E-state index < -0.39 is 32.3 Å². The molecule has 0 aliphatic rings. The van der Waals surface area contributed by atoms with Gasteiger partial charge in [-0.2, -0.15) is 0 Å². The molecule has 18 heteroatoms. The van der Waals surface area contributed by atoms with Crippen LogP contribution in [0.3, 0.4) is 0 Å². The zero-order chi connectivity index (χ0) is 29.7. The summed E-state index contributed by atoms with van der Waals surface area (Å²) in [4.78, 5) is 27.1. The molecular weight excluding hydrogens is 711 g/mol. The molecule has 49 heavy (non-hydrogen) atoms. The molecule has 0 aliphatic carbocycles. The third-order valence-electron chi connectivity index (χ3n) is 6.16. The van der Waals surface area contributed by atoms with Crippen molar-refractivity contribution in [1.29, 1.82) is 0 Å². The minimum atomic E-state index is -4.73. The van der Waals surface area contributed by atoms with Crippen molar-refractivity contribution >= 4 is 59.7 Å². The Kier molecular flexibility index (Phi) is 20.5. The number of hydrogen-bond acceptors (Lipinski definition) is 9. The first kappa shape index (κ1) is 48.1. The third kappa shape index (κ3) is 11.2. The quantitative estimate of drug-likeness (QED) is 0.105. The third-order valence-corrected chi connectivity index (χ3v) is 6.99. The van der Waals surface area contributed by atoms with Crippen LogP contribution in [0.1, 0.15) is 10.4 Å². The van der Waals surface area contributed by atoms with E-state index in [1.807, 2.05) is 24.3 Å². The summed E-state index contributed by atoms with van der Waals surface area (Å²) in [6, 6.07) is 26.3. The van der Waals surface area contributed by atoms with Gasteiger partial charge < -0.3 is 47.6 Å². The van der Waals surface area contributed by atoms with E-state index in [2.05, 4.69) is 68.5 Å². The maximum atomic E-state index is 10.9. The zero-order valence-electron chi connectivity index (χ0n) is 25.1. The van der Waals surface area contributed by atoms with Gasteiger partial charge in [0.05, 0.1) is 32.5 Å². The summed E-state index contributed by atoms with van der Waals surface area (Å²) in [5.74, 6) is -2.41. The zero-order valence-corrected chi connectivity index (χ0v) is 26.9. The van der Waals surface area contributed by atoms with Gasteiger partial charge in [0.2, 0.25) is 0 Å². The first-order chi connectivity index (χ1) is 20.2. The second-order valence-corrected chi connectivity index (χ2v) is 10.2. The van der Waals surface area contributed by atoms with Crippen LogP contribution in [-0.2, 0) is 37.6 Å². The summed E-state index contributed by atoms with van der Waals surface area (Å²) >= 11 is 0. The van der Waals surface area contributed by atoms with E-state index in [9.17, 15) is 22.9 Å². The predicted octanol–water partition coefficient (Wildman–Crippen LogP) is -0.217. The van der Waals surface area contributed by atoms with Crippen LogP contribution in [-0.4, -0.2) is 65.9 Å². The average molecular weight is 745 g/mol. The number of carbonyl (C=O) groups is 1. The van der Waals surface area contributed by atoms with Gasteiger partial charge in [-0.25, -0.2) is 13.2 Å². The Bertz CT molecular complexity index is 1990. The Hall–Kier alpha value is -5.27. The molecule has 3 aromatic carbocycles. The van der Waals surface area contributed by atoms with Gasteiger partial charge in [0, 0.05) is 46.3 Å². The Labute approximate surface area is 288 Å². The van der Waals surface area contributed by atoms with Gasteiger partial charge >= 0.3 is 22.5 Å². The fourth-order valence-corrected chi connectivity index (χ4v) is 4.69. The molecule has 7 aromatic rings. The van der Waals surface area contributed by atoms with Gasteiger partial charge in [-0.1, -0.05) is 60.3 Å². The first-order valence-electron chi connectivity index (χ1n) is 12.4. The van der Waals surface area contributed by atoms with E-state index in [-0.39, 0.29) is 49.3 Å². The Morgan fingerprint density at radius 1 is 0.571 bits per heavy atom. The van der Waals surface area contributed by atoms with Gasteiger partial charge in [0.15, 0.2) is 0 Å². The molecule has 264 valence electrons. The number of aromatic nitrogens is 4. The summed E-state index contributed by atoms with van der Waals surface area (Å²) in [7, 11) is -4.73. The predicted molar refractivity (Wildman–Crippen MR) is 179 cm³/mol. The van der Waals surface area contributed by atoms with Gasteiger partial charge in [0.1, 0.15) is 10.1 Å². The largest absolute Gasteiger partial charge is 2.00 e. The molecule has 0 unspecified atom stereocenters. The second-order valence-electron chi connectivity index (χ2n) is 8.85. The SMILES string of the molecule is O.O.O.O.O=C(O)c1cc(S(=O)(=O)[O-])ccc1[O-].[Ni+2].[OH3+].[OH3+].c1cnc2c(c1)ccc1cccnc12.c1cnc2c(c1)ccc1cccnc12. The van der Waals surface area contributed by atoms with Crippen molar-refractivity contribution in [2.45, 2.75) is 4.90 Å². The number of carboxylic acids is 1. The summed E-state index contributed by atoms with van der Waals surface area (Å²) in [5.41, 5.74) is 3.18. The number of hydrogen-bond donors (Lipinski definition) is 1. The molecule has 0 amide bonds. The van der Waals surface area contributed by atoms with Crippen LogP contribution in [0, 0.1) is 0 Å². The van der Waals surface area contributed by atoms with E-state index in [0.717, 1.165) is 55.7 Å². The second kappa shape index (κ2) is 20.9. The molecule has 15 N–H and O–H groups in total. The molecular formula is C31H34N4NiO12S+2. The monoisotopic (exact) mass is 744 g/mol. The molecule has 7 rings (SSSR count). The van der Waals surface area contributed by atoms with Crippen molar-refractivity contribution in [1.82, 2.24) is 19.9 Å². The minimum Gasteiger partial charge on any atom is -0.872 e. The number of rotatable bonds is 2. The van der Waals surface area contributed by atoms with Crippen LogP contribution in [0.25, 0.3) is 43.6 Å². The molecule has 0 fully saturated rings. The van der Waals surface area contributed by atoms with Crippen LogP contribution in [0.2, 0.25) is 0 Å². The molecule has 0 saturated heterocycles. The van der Waals surface area contributed by atoms with E-state index in [1.54, 1.807) is 24.8 Å². The van der Waals surface area contributed by atoms with Gasteiger partial charge in [-0.3, -0.25) is 19.9 Å². The fourth-order valence-electron chi connectivity index (χ4n) is 4.19. The van der Waals surface area contributed by atoms with Crippen LogP contribution in [0.4, 0.5) is 0 Å². The molecule has 16 nitrogen and oxygen atoms in total.